The SMILES string of the molecule is CCOc1cccc(/C=N/NC(=O)CSc2ccc(Cl)cc2)c1O. The maximum absolute atomic E-state index is 11.8. The van der Waals surface area contributed by atoms with Gasteiger partial charge in [0.2, 0.25) is 5.91 Å². The molecule has 0 atom stereocenters. The van der Waals surface area contributed by atoms with Crippen molar-refractivity contribution in [1.29, 1.82) is 0 Å². The van der Waals surface area contributed by atoms with E-state index >= 15 is 0 Å². The number of nitrogens with zero attached hydrogens (tertiary/aromatic N) is 1. The Balaban J connectivity index is 1.86. The van der Waals surface area contributed by atoms with Gasteiger partial charge in [-0.2, -0.15) is 5.10 Å². The highest BCUT2D eigenvalue weighted by atomic mass is 35.5. The molecule has 2 rings (SSSR count). The van der Waals surface area contributed by atoms with Crippen molar-refractivity contribution in [2.75, 3.05) is 12.4 Å². The van der Waals surface area contributed by atoms with Gasteiger partial charge in [0, 0.05) is 15.5 Å². The Morgan fingerprint density at radius 1 is 1.33 bits per heavy atom. The Bertz CT molecular complexity index is 720. The van der Waals surface area contributed by atoms with Crippen molar-refractivity contribution in [2.24, 2.45) is 5.10 Å². The highest BCUT2D eigenvalue weighted by Crippen LogP contribution is 2.28. The van der Waals surface area contributed by atoms with Crippen LogP contribution in [0.2, 0.25) is 5.02 Å². The van der Waals surface area contributed by atoms with Gasteiger partial charge >= 0.3 is 0 Å². The van der Waals surface area contributed by atoms with Crippen molar-refractivity contribution in [2.45, 2.75) is 11.8 Å². The quantitative estimate of drug-likeness (QED) is 0.446. The summed E-state index contributed by atoms with van der Waals surface area (Å²) in [5.41, 5.74) is 2.89. The number of ether oxygens (including phenoxy) is 1. The molecule has 2 aromatic rings. The standard InChI is InChI=1S/C17H17ClN2O3S/c1-2-23-15-5-3-4-12(17(15)22)10-19-20-16(21)11-24-14-8-6-13(18)7-9-14/h3-10,22H,2,11H2,1H3,(H,20,21)/b19-10+. The van der Waals surface area contributed by atoms with Crippen LogP contribution in [-0.2, 0) is 4.79 Å². The molecular formula is C17H17ClN2O3S. The molecule has 0 radical (unpaired) electrons. The van der Waals surface area contributed by atoms with E-state index in [1.165, 1.54) is 18.0 Å². The van der Waals surface area contributed by atoms with Crippen LogP contribution >= 0.6 is 23.4 Å². The highest BCUT2D eigenvalue weighted by Gasteiger charge is 2.06. The highest BCUT2D eigenvalue weighted by molar-refractivity contribution is 8.00. The fourth-order valence-electron chi connectivity index (χ4n) is 1.80. The van der Waals surface area contributed by atoms with Gasteiger partial charge in [-0.3, -0.25) is 4.79 Å². The first kappa shape index (κ1) is 18.2. The molecule has 0 aliphatic heterocycles. The molecule has 24 heavy (non-hydrogen) atoms. The monoisotopic (exact) mass is 364 g/mol. The third-order valence-corrected chi connectivity index (χ3v) is 4.17. The summed E-state index contributed by atoms with van der Waals surface area (Å²) in [7, 11) is 0. The Labute approximate surface area is 149 Å². The molecule has 1 amide bonds. The molecule has 2 N–H and O–H groups in total. The van der Waals surface area contributed by atoms with Gasteiger partial charge in [-0.1, -0.05) is 17.7 Å². The number of halogens is 1. The van der Waals surface area contributed by atoms with Crippen molar-refractivity contribution in [3.8, 4) is 11.5 Å². The number of carbonyl (C=O) groups excluding carboxylic acids is 1. The Morgan fingerprint density at radius 3 is 2.79 bits per heavy atom. The number of thioether (sulfide) groups is 1. The average molecular weight is 365 g/mol. The van der Waals surface area contributed by atoms with E-state index in [-0.39, 0.29) is 17.4 Å². The van der Waals surface area contributed by atoms with E-state index < -0.39 is 0 Å². The predicted molar refractivity (Wildman–Crippen MR) is 97.2 cm³/mol. The zero-order chi connectivity index (χ0) is 17.4. The van der Waals surface area contributed by atoms with Crippen LogP contribution in [0.4, 0.5) is 0 Å². The summed E-state index contributed by atoms with van der Waals surface area (Å²) in [6.45, 7) is 2.28. The second-order valence-electron chi connectivity index (χ2n) is 4.66. The van der Waals surface area contributed by atoms with Gasteiger partial charge < -0.3 is 9.84 Å². The van der Waals surface area contributed by atoms with Crippen LogP contribution < -0.4 is 10.2 Å². The predicted octanol–water partition coefficient (Wildman–Crippen LogP) is 3.69. The normalized spacial score (nSPS) is 10.8. The maximum Gasteiger partial charge on any atom is 0.250 e. The minimum absolute atomic E-state index is 0.00658. The molecule has 0 spiro atoms. The first-order valence-corrected chi connectivity index (χ1v) is 8.61. The van der Waals surface area contributed by atoms with Crippen molar-refractivity contribution < 1.29 is 14.6 Å². The minimum Gasteiger partial charge on any atom is -0.504 e. The Hall–Kier alpha value is -2.18. The molecule has 0 saturated carbocycles. The van der Waals surface area contributed by atoms with E-state index in [2.05, 4.69) is 10.5 Å². The fraction of sp³-hybridized carbons (Fsp3) is 0.176. The number of rotatable bonds is 7. The zero-order valence-electron chi connectivity index (χ0n) is 13.0. The molecule has 0 heterocycles. The van der Waals surface area contributed by atoms with E-state index in [1.807, 2.05) is 19.1 Å². The van der Waals surface area contributed by atoms with Gasteiger partial charge in [-0.15, -0.1) is 11.8 Å². The first-order valence-electron chi connectivity index (χ1n) is 7.25. The van der Waals surface area contributed by atoms with Crippen LogP contribution in [0.25, 0.3) is 0 Å². The topological polar surface area (TPSA) is 70.9 Å². The molecule has 5 nitrogen and oxygen atoms in total. The van der Waals surface area contributed by atoms with Gasteiger partial charge in [0.25, 0.3) is 0 Å². The van der Waals surface area contributed by atoms with Crippen LogP contribution in [0.5, 0.6) is 11.5 Å². The number of aromatic hydroxyl groups is 1. The molecule has 7 heteroatoms. The number of amides is 1. The number of nitrogens with one attached hydrogen (secondary N) is 1. The second-order valence-corrected chi connectivity index (χ2v) is 6.15. The molecule has 0 bridgehead atoms. The lowest BCUT2D eigenvalue weighted by Crippen LogP contribution is -2.19. The van der Waals surface area contributed by atoms with Crippen molar-refractivity contribution in [1.82, 2.24) is 5.43 Å². The summed E-state index contributed by atoms with van der Waals surface area (Å²) >= 11 is 7.19. The molecule has 2 aromatic carbocycles. The lowest BCUT2D eigenvalue weighted by Gasteiger charge is -2.07. The van der Waals surface area contributed by atoms with E-state index in [0.717, 1.165) is 4.90 Å². The van der Waals surface area contributed by atoms with Crippen LogP contribution in [0.15, 0.2) is 52.5 Å². The average Bonchev–Trinajstić information content (AvgIpc) is 2.58. The summed E-state index contributed by atoms with van der Waals surface area (Å²) in [5.74, 6) is 0.356. The third-order valence-electron chi connectivity index (χ3n) is 2.91. The summed E-state index contributed by atoms with van der Waals surface area (Å²) in [4.78, 5) is 12.7. The van der Waals surface area contributed by atoms with Gasteiger partial charge in [0.15, 0.2) is 11.5 Å². The van der Waals surface area contributed by atoms with Crippen LogP contribution in [0, 0.1) is 0 Å². The molecule has 0 fully saturated rings. The zero-order valence-corrected chi connectivity index (χ0v) is 14.6. The summed E-state index contributed by atoms with van der Waals surface area (Å²) in [6, 6.07) is 12.3. The summed E-state index contributed by atoms with van der Waals surface area (Å²) in [6.07, 6.45) is 1.38. The number of phenolic OH excluding ortho intramolecular Hbond substituents is 1. The first-order chi connectivity index (χ1) is 11.6. The number of hydrogen-bond acceptors (Lipinski definition) is 5. The summed E-state index contributed by atoms with van der Waals surface area (Å²) in [5, 5.41) is 14.5. The van der Waals surface area contributed by atoms with E-state index in [4.69, 9.17) is 16.3 Å². The van der Waals surface area contributed by atoms with Gasteiger partial charge in [0.1, 0.15) is 0 Å². The van der Waals surface area contributed by atoms with Crippen LogP contribution in [0.1, 0.15) is 12.5 Å². The molecular weight excluding hydrogens is 348 g/mol. The van der Waals surface area contributed by atoms with E-state index in [1.54, 1.807) is 30.3 Å². The molecule has 126 valence electrons. The number of carbonyl (C=O) groups is 1. The number of hydrogen-bond donors (Lipinski definition) is 2. The number of phenols is 1. The third kappa shape index (κ3) is 5.47. The smallest absolute Gasteiger partial charge is 0.250 e. The van der Waals surface area contributed by atoms with E-state index in [0.29, 0.717) is 22.9 Å². The molecule has 0 aliphatic carbocycles. The molecule has 0 unspecified atom stereocenters. The van der Waals surface area contributed by atoms with Gasteiger partial charge in [-0.05, 0) is 43.3 Å². The van der Waals surface area contributed by atoms with Crippen molar-refractivity contribution in [3.05, 3.63) is 53.1 Å². The number of benzene rings is 2. The number of hydrazone groups is 1. The lowest BCUT2D eigenvalue weighted by molar-refractivity contribution is -0.118. The van der Waals surface area contributed by atoms with Crippen LogP contribution in [-0.4, -0.2) is 29.6 Å². The maximum atomic E-state index is 11.8. The molecule has 0 aliphatic rings. The summed E-state index contributed by atoms with van der Waals surface area (Å²) < 4.78 is 5.29. The van der Waals surface area contributed by atoms with E-state index in [9.17, 15) is 9.90 Å². The molecule has 0 aromatic heterocycles. The Kier molecular flexibility index (Phi) is 6.96. The minimum atomic E-state index is -0.244. The Morgan fingerprint density at radius 2 is 2.08 bits per heavy atom. The lowest BCUT2D eigenvalue weighted by atomic mass is 10.2. The van der Waals surface area contributed by atoms with Gasteiger partial charge in [-0.25, -0.2) is 5.43 Å². The van der Waals surface area contributed by atoms with Crippen molar-refractivity contribution in [3.63, 3.8) is 0 Å². The number of para-hydroxylation sites is 1. The largest absolute Gasteiger partial charge is 0.504 e. The fourth-order valence-corrected chi connectivity index (χ4v) is 2.62. The molecule has 0 saturated heterocycles. The second kappa shape index (κ2) is 9.20. The van der Waals surface area contributed by atoms with Crippen molar-refractivity contribution >= 4 is 35.5 Å². The van der Waals surface area contributed by atoms with Gasteiger partial charge in [0.05, 0.1) is 18.6 Å². The van der Waals surface area contributed by atoms with Crippen LogP contribution in [0.3, 0.4) is 0 Å².